The summed E-state index contributed by atoms with van der Waals surface area (Å²) in [7, 11) is 1.96. The highest BCUT2D eigenvalue weighted by Gasteiger charge is 2.13. The number of benzene rings is 1. The van der Waals surface area contributed by atoms with Crippen LogP contribution in [0.2, 0.25) is 0 Å². The van der Waals surface area contributed by atoms with Crippen LogP contribution in [-0.2, 0) is 13.1 Å². The molecule has 0 saturated heterocycles. The SMILES string of the molecule is CN(Cc1ccoc1)Cc1ccc([N+](=O)[O-])c(NN)c1. The molecule has 0 radical (unpaired) electrons. The lowest BCUT2D eigenvalue weighted by molar-refractivity contribution is -0.384. The monoisotopic (exact) mass is 276 g/mol. The van der Waals surface area contributed by atoms with Crippen LogP contribution in [0.4, 0.5) is 11.4 Å². The second-order valence-electron chi connectivity index (χ2n) is 4.56. The van der Waals surface area contributed by atoms with Gasteiger partial charge in [-0.25, -0.2) is 0 Å². The second kappa shape index (κ2) is 6.18. The summed E-state index contributed by atoms with van der Waals surface area (Å²) in [6.07, 6.45) is 3.32. The van der Waals surface area contributed by atoms with Crippen LogP contribution in [0.25, 0.3) is 0 Å². The normalized spacial score (nSPS) is 10.8. The second-order valence-corrected chi connectivity index (χ2v) is 4.56. The summed E-state index contributed by atoms with van der Waals surface area (Å²) in [6, 6.07) is 6.77. The van der Waals surface area contributed by atoms with Gasteiger partial charge in [0.2, 0.25) is 0 Å². The lowest BCUT2D eigenvalue weighted by atomic mass is 10.1. The molecule has 0 saturated carbocycles. The number of nitrogens with zero attached hydrogens (tertiary/aromatic N) is 2. The number of furan rings is 1. The Balaban J connectivity index is 2.07. The van der Waals surface area contributed by atoms with Gasteiger partial charge in [0.25, 0.3) is 5.69 Å². The predicted molar refractivity (Wildman–Crippen MR) is 74.8 cm³/mol. The van der Waals surface area contributed by atoms with Crippen LogP contribution < -0.4 is 11.3 Å². The molecule has 20 heavy (non-hydrogen) atoms. The molecule has 1 aromatic carbocycles. The third-order valence-corrected chi connectivity index (χ3v) is 2.90. The van der Waals surface area contributed by atoms with Crippen molar-refractivity contribution in [1.29, 1.82) is 0 Å². The van der Waals surface area contributed by atoms with Crippen LogP contribution in [0, 0.1) is 10.1 Å². The van der Waals surface area contributed by atoms with Gasteiger partial charge in [0.05, 0.1) is 17.4 Å². The maximum Gasteiger partial charge on any atom is 0.293 e. The maximum atomic E-state index is 10.8. The first kappa shape index (κ1) is 14.0. The molecule has 2 rings (SSSR count). The van der Waals surface area contributed by atoms with Crippen molar-refractivity contribution in [2.45, 2.75) is 13.1 Å². The Hall–Kier alpha value is -2.38. The number of nitro benzene ring substituents is 1. The highest BCUT2D eigenvalue weighted by molar-refractivity contribution is 5.62. The van der Waals surface area contributed by atoms with Crippen molar-refractivity contribution < 1.29 is 9.34 Å². The lowest BCUT2D eigenvalue weighted by Crippen LogP contribution is -2.17. The zero-order chi connectivity index (χ0) is 14.5. The van der Waals surface area contributed by atoms with Crippen molar-refractivity contribution >= 4 is 11.4 Å². The number of rotatable bonds is 6. The van der Waals surface area contributed by atoms with E-state index in [4.69, 9.17) is 10.3 Å². The molecule has 0 bridgehead atoms. The van der Waals surface area contributed by atoms with Gasteiger partial charge in [-0.2, -0.15) is 0 Å². The minimum absolute atomic E-state index is 0.0336. The van der Waals surface area contributed by atoms with E-state index < -0.39 is 4.92 Å². The third kappa shape index (κ3) is 3.34. The van der Waals surface area contributed by atoms with Gasteiger partial charge in [-0.3, -0.25) is 20.9 Å². The predicted octanol–water partition coefficient (Wildman–Crippen LogP) is 2.11. The number of nitro groups is 1. The van der Waals surface area contributed by atoms with E-state index >= 15 is 0 Å². The molecular weight excluding hydrogens is 260 g/mol. The number of nitrogens with one attached hydrogen (secondary N) is 1. The Labute approximate surface area is 116 Å². The third-order valence-electron chi connectivity index (χ3n) is 2.90. The van der Waals surface area contributed by atoms with E-state index in [1.807, 2.05) is 13.1 Å². The van der Waals surface area contributed by atoms with Crippen LogP contribution >= 0.6 is 0 Å². The summed E-state index contributed by atoms with van der Waals surface area (Å²) in [6.45, 7) is 1.39. The summed E-state index contributed by atoms with van der Waals surface area (Å²) in [5.41, 5.74) is 4.65. The lowest BCUT2D eigenvalue weighted by Gasteiger charge is -2.16. The number of hydrogen-bond donors (Lipinski definition) is 2. The zero-order valence-corrected chi connectivity index (χ0v) is 11.1. The van der Waals surface area contributed by atoms with Gasteiger partial charge in [-0.15, -0.1) is 0 Å². The van der Waals surface area contributed by atoms with Crippen molar-refractivity contribution in [3.05, 3.63) is 58.0 Å². The quantitative estimate of drug-likeness (QED) is 0.476. The minimum Gasteiger partial charge on any atom is -0.472 e. The molecule has 0 aliphatic heterocycles. The summed E-state index contributed by atoms with van der Waals surface area (Å²) in [4.78, 5) is 12.4. The fraction of sp³-hybridized carbons (Fsp3) is 0.231. The first-order valence-corrected chi connectivity index (χ1v) is 6.03. The maximum absolute atomic E-state index is 10.8. The molecule has 1 heterocycles. The molecule has 0 atom stereocenters. The average molecular weight is 276 g/mol. The number of nitrogen functional groups attached to an aromatic ring is 1. The molecule has 3 N–H and O–H groups in total. The van der Waals surface area contributed by atoms with Crippen LogP contribution in [-0.4, -0.2) is 16.9 Å². The fourth-order valence-electron chi connectivity index (χ4n) is 2.02. The molecule has 1 aromatic heterocycles. The van der Waals surface area contributed by atoms with E-state index in [2.05, 4.69) is 10.3 Å². The molecule has 7 nitrogen and oxygen atoms in total. The highest BCUT2D eigenvalue weighted by Crippen LogP contribution is 2.25. The number of anilines is 1. The summed E-state index contributed by atoms with van der Waals surface area (Å²) < 4.78 is 5.02. The van der Waals surface area contributed by atoms with Crippen LogP contribution in [0.3, 0.4) is 0 Å². The molecule has 0 amide bonds. The Kier molecular flexibility index (Phi) is 4.34. The number of hydrogen-bond acceptors (Lipinski definition) is 6. The summed E-state index contributed by atoms with van der Waals surface area (Å²) >= 11 is 0. The molecule has 0 unspecified atom stereocenters. The standard InChI is InChI=1S/C13H16N4O3/c1-16(8-11-4-5-20-9-11)7-10-2-3-13(17(18)19)12(6-10)15-14/h2-6,9,15H,7-8,14H2,1H3. The largest absolute Gasteiger partial charge is 0.472 e. The van der Waals surface area contributed by atoms with Gasteiger partial charge in [-0.05, 0) is 24.7 Å². The molecule has 0 fully saturated rings. The van der Waals surface area contributed by atoms with Crippen LogP contribution in [0.15, 0.2) is 41.2 Å². The average Bonchev–Trinajstić information content (AvgIpc) is 2.90. The van der Waals surface area contributed by atoms with Gasteiger partial charge >= 0.3 is 0 Å². The van der Waals surface area contributed by atoms with Gasteiger partial charge in [0, 0.05) is 24.7 Å². The van der Waals surface area contributed by atoms with Gasteiger partial charge in [0.15, 0.2) is 0 Å². The van der Waals surface area contributed by atoms with Crippen LogP contribution in [0.1, 0.15) is 11.1 Å². The highest BCUT2D eigenvalue weighted by atomic mass is 16.6. The molecule has 7 heteroatoms. The minimum atomic E-state index is -0.464. The molecular formula is C13H16N4O3. The van der Waals surface area contributed by atoms with E-state index in [-0.39, 0.29) is 5.69 Å². The molecule has 0 spiro atoms. The van der Waals surface area contributed by atoms with Crippen molar-refractivity contribution in [1.82, 2.24) is 4.90 Å². The Morgan fingerprint density at radius 2 is 2.10 bits per heavy atom. The molecule has 2 aromatic rings. The first-order chi connectivity index (χ1) is 9.60. The topological polar surface area (TPSA) is 97.6 Å². The molecule has 106 valence electrons. The van der Waals surface area contributed by atoms with Crippen molar-refractivity contribution in [2.24, 2.45) is 5.84 Å². The van der Waals surface area contributed by atoms with E-state index in [0.29, 0.717) is 12.2 Å². The van der Waals surface area contributed by atoms with Gasteiger partial charge in [-0.1, -0.05) is 6.07 Å². The fourth-order valence-corrected chi connectivity index (χ4v) is 2.02. The van der Waals surface area contributed by atoms with Gasteiger partial charge < -0.3 is 9.84 Å². The smallest absolute Gasteiger partial charge is 0.293 e. The van der Waals surface area contributed by atoms with E-state index in [9.17, 15) is 10.1 Å². The first-order valence-electron chi connectivity index (χ1n) is 6.03. The Morgan fingerprint density at radius 3 is 2.70 bits per heavy atom. The summed E-state index contributed by atoms with van der Waals surface area (Å²) in [5.74, 6) is 5.32. The van der Waals surface area contributed by atoms with E-state index in [1.165, 1.54) is 6.07 Å². The van der Waals surface area contributed by atoms with E-state index in [1.54, 1.807) is 24.7 Å². The Morgan fingerprint density at radius 1 is 1.35 bits per heavy atom. The number of hydrazine groups is 1. The van der Waals surface area contributed by atoms with Crippen molar-refractivity contribution in [3.63, 3.8) is 0 Å². The number of nitrogens with two attached hydrogens (primary N) is 1. The molecule has 0 aliphatic rings. The van der Waals surface area contributed by atoms with Crippen molar-refractivity contribution in [3.8, 4) is 0 Å². The van der Waals surface area contributed by atoms with Crippen molar-refractivity contribution in [2.75, 3.05) is 12.5 Å². The van der Waals surface area contributed by atoms with E-state index in [0.717, 1.165) is 17.7 Å². The summed E-state index contributed by atoms with van der Waals surface area (Å²) in [5, 5.41) is 10.8. The Bertz CT molecular complexity index is 583. The van der Waals surface area contributed by atoms with Crippen LogP contribution in [0.5, 0.6) is 0 Å². The van der Waals surface area contributed by atoms with Gasteiger partial charge in [0.1, 0.15) is 5.69 Å². The zero-order valence-electron chi connectivity index (χ0n) is 11.1. The molecule has 0 aliphatic carbocycles.